The lowest BCUT2D eigenvalue weighted by molar-refractivity contribution is -0.133. The van der Waals surface area contributed by atoms with E-state index in [2.05, 4.69) is 5.32 Å². The molecule has 1 saturated carbocycles. The molecular weight excluding hydrogens is 397 g/mol. The van der Waals surface area contributed by atoms with E-state index in [-0.39, 0.29) is 17.7 Å². The maximum atomic E-state index is 12.6. The van der Waals surface area contributed by atoms with Crippen LogP contribution in [0.15, 0.2) is 42.5 Å². The van der Waals surface area contributed by atoms with Crippen molar-refractivity contribution in [1.29, 1.82) is 0 Å². The summed E-state index contributed by atoms with van der Waals surface area (Å²) in [6, 6.07) is 12.0. The van der Waals surface area contributed by atoms with Crippen molar-refractivity contribution in [3.63, 3.8) is 0 Å². The highest BCUT2D eigenvalue weighted by Crippen LogP contribution is 2.32. The highest BCUT2D eigenvalue weighted by atomic mass is 35.5. The number of halogens is 2. The van der Waals surface area contributed by atoms with Gasteiger partial charge in [0, 0.05) is 40.3 Å². The fraction of sp³-hybridized carbons (Fsp3) is 0.333. The van der Waals surface area contributed by atoms with Crippen LogP contribution < -0.4 is 11.1 Å². The third-order valence-corrected chi connectivity index (χ3v) is 5.23. The van der Waals surface area contributed by atoms with Crippen LogP contribution in [-0.4, -0.2) is 29.8 Å². The molecule has 0 radical (unpaired) electrons. The molecule has 0 saturated heterocycles. The van der Waals surface area contributed by atoms with Crippen molar-refractivity contribution in [2.45, 2.75) is 25.8 Å². The molecule has 2 amide bonds. The quantitative estimate of drug-likeness (QED) is 0.668. The lowest BCUT2D eigenvalue weighted by Crippen LogP contribution is -2.33. The van der Waals surface area contributed by atoms with Crippen molar-refractivity contribution >= 4 is 40.7 Å². The smallest absolute Gasteiger partial charge is 0.255 e. The zero-order valence-corrected chi connectivity index (χ0v) is 17.0. The van der Waals surface area contributed by atoms with E-state index in [1.807, 2.05) is 4.90 Å². The Bertz CT molecular complexity index is 868. The summed E-state index contributed by atoms with van der Waals surface area (Å²) < 4.78 is 0. The van der Waals surface area contributed by atoms with E-state index in [1.165, 1.54) is 0 Å². The zero-order chi connectivity index (χ0) is 20.1. The van der Waals surface area contributed by atoms with Crippen LogP contribution in [0.4, 0.5) is 5.69 Å². The molecule has 2 aromatic rings. The first-order chi connectivity index (χ1) is 13.5. The molecule has 0 unspecified atom stereocenters. The van der Waals surface area contributed by atoms with E-state index in [1.54, 1.807) is 42.5 Å². The number of rotatable bonds is 8. The summed E-state index contributed by atoms with van der Waals surface area (Å²) in [7, 11) is 0. The number of anilines is 1. The fourth-order valence-corrected chi connectivity index (χ4v) is 3.32. The summed E-state index contributed by atoms with van der Waals surface area (Å²) >= 11 is 12.3. The fourth-order valence-electron chi connectivity index (χ4n) is 2.95. The summed E-state index contributed by atoms with van der Waals surface area (Å²) in [6.07, 6.45) is 2.63. The molecule has 2 aromatic carbocycles. The van der Waals surface area contributed by atoms with Gasteiger partial charge in [-0.25, -0.2) is 0 Å². The molecule has 148 valence electrons. The van der Waals surface area contributed by atoms with E-state index in [9.17, 15) is 9.59 Å². The van der Waals surface area contributed by atoms with Crippen molar-refractivity contribution in [2.24, 2.45) is 11.7 Å². The Kier molecular flexibility index (Phi) is 6.94. The van der Waals surface area contributed by atoms with Crippen molar-refractivity contribution in [3.05, 3.63) is 63.6 Å². The van der Waals surface area contributed by atoms with Crippen LogP contribution in [0.5, 0.6) is 0 Å². The van der Waals surface area contributed by atoms with Gasteiger partial charge in [0.05, 0.1) is 0 Å². The Morgan fingerprint density at radius 3 is 2.61 bits per heavy atom. The van der Waals surface area contributed by atoms with Crippen LogP contribution in [0, 0.1) is 5.92 Å². The molecule has 0 aliphatic heterocycles. The van der Waals surface area contributed by atoms with Crippen LogP contribution in [0.25, 0.3) is 0 Å². The molecule has 0 atom stereocenters. The number of nitrogens with two attached hydrogens (primary N) is 1. The Balaban J connectivity index is 1.74. The topological polar surface area (TPSA) is 75.4 Å². The molecule has 1 aliphatic rings. The second-order valence-corrected chi connectivity index (χ2v) is 7.79. The average Bonchev–Trinajstić information content (AvgIpc) is 3.52. The summed E-state index contributed by atoms with van der Waals surface area (Å²) in [5.74, 6) is 0.0185. The predicted molar refractivity (Wildman–Crippen MR) is 113 cm³/mol. The van der Waals surface area contributed by atoms with Crippen LogP contribution in [0.3, 0.4) is 0 Å². The molecule has 0 heterocycles. The first kappa shape index (κ1) is 20.6. The lowest BCUT2D eigenvalue weighted by Gasteiger charge is -2.23. The van der Waals surface area contributed by atoms with Gasteiger partial charge in [-0.3, -0.25) is 9.59 Å². The van der Waals surface area contributed by atoms with Crippen molar-refractivity contribution in [3.8, 4) is 0 Å². The Morgan fingerprint density at radius 2 is 1.93 bits per heavy atom. The largest absolute Gasteiger partial charge is 0.338 e. The number of benzene rings is 2. The number of nitrogens with one attached hydrogen (secondary N) is 1. The third kappa shape index (κ3) is 5.47. The molecule has 0 aromatic heterocycles. The average molecular weight is 420 g/mol. The van der Waals surface area contributed by atoms with Gasteiger partial charge in [-0.2, -0.15) is 0 Å². The Morgan fingerprint density at radius 1 is 1.14 bits per heavy atom. The first-order valence-corrected chi connectivity index (χ1v) is 10.1. The van der Waals surface area contributed by atoms with Gasteiger partial charge in [0.2, 0.25) is 5.91 Å². The monoisotopic (exact) mass is 419 g/mol. The van der Waals surface area contributed by atoms with Crippen LogP contribution in [-0.2, 0) is 11.3 Å². The van der Waals surface area contributed by atoms with Crippen LogP contribution in [0.2, 0.25) is 10.0 Å². The number of hydrogen-bond donors (Lipinski definition) is 2. The summed E-state index contributed by atoms with van der Waals surface area (Å²) in [6.45, 7) is 1.52. The molecule has 1 fully saturated rings. The number of carbonyl (C=O) groups is 2. The number of nitrogens with zero attached hydrogens (tertiary/aromatic N) is 1. The molecule has 1 aliphatic carbocycles. The van der Waals surface area contributed by atoms with E-state index >= 15 is 0 Å². The second-order valence-electron chi connectivity index (χ2n) is 6.95. The van der Waals surface area contributed by atoms with Gasteiger partial charge >= 0.3 is 0 Å². The van der Waals surface area contributed by atoms with Crippen LogP contribution >= 0.6 is 23.2 Å². The minimum Gasteiger partial charge on any atom is -0.338 e. The van der Waals surface area contributed by atoms with Crippen molar-refractivity contribution in [2.75, 3.05) is 18.4 Å². The number of carbonyl (C=O) groups excluding carboxylic acids is 2. The van der Waals surface area contributed by atoms with Crippen molar-refractivity contribution in [1.82, 2.24) is 4.90 Å². The SMILES string of the molecule is NCCCN(Cc1cc(NC(=O)c2cccc(Cl)c2)ccc1Cl)C(=O)C1CC1. The molecule has 3 N–H and O–H groups in total. The van der Waals surface area contributed by atoms with Gasteiger partial charge in [0.25, 0.3) is 5.91 Å². The van der Waals surface area contributed by atoms with E-state index in [0.717, 1.165) is 24.8 Å². The van der Waals surface area contributed by atoms with Gasteiger partial charge in [-0.05, 0) is 67.8 Å². The van der Waals surface area contributed by atoms with Gasteiger partial charge in [0.1, 0.15) is 0 Å². The minimum atomic E-state index is -0.259. The van der Waals surface area contributed by atoms with Crippen LogP contribution in [0.1, 0.15) is 35.2 Å². The van der Waals surface area contributed by atoms with E-state index in [4.69, 9.17) is 28.9 Å². The lowest BCUT2D eigenvalue weighted by atomic mass is 10.1. The standard InChI is InChI=1S/C21H23Cl2N3O2/c22-17-4-1-3-15(11-17)20(27)25-18-7-8-19(23)16(12-18)13-26(10-2-9-24)21(28)14-5-6-14/h1,3-4,7-8,11-12,14H,2,5-6,9-10,13,24H2,(H,25,27). The maximum Gasteiger partial charge on any atom is 0.255 e. The highest BCUT2D eigenvalue weighted by molar-refractivity contribution is 6.31. The molecule has 7 heteroatoms. The van der Waals surface area contributed by atoms with E-state index < -0.39 is 0 Å². The second kappa shape index (κ2) is 9.41. The van der Waals surface area contributed by atoms with Gasteiger partial charge < -0.3 is 16.0 Å². The molecule has 5 nitrogen and oxygen atoms in total. The Labute approximate surface area is 174 Å². The first-order valence-electron chi connectivity index (χ1n) is 9.32. The number of amides is 2. The van der Waals surface area contributed by atoms with Gasteiger partial charge in [-0.15, -0.1) is 0 Å². The van der Waals surface area contributed by atoms with E-state index in [0.29, 0.717) is 40.9 Å². The van der Waals surface area contributed by atoms with Crippen molar-refractivity contribution < 1.29 is 9.59 Å². The Hall–Kier alpha value is -2.08. The third-order valence-electron chi connectivity index (χ3n) is 4.62. The number of hydrogen-bond acceptors (Lipinski definition) is 3. The minimum absolute atomic E-state index is 0.127. The molecule has 28 heavy (non-hydrogen) atoms. The highest BCUT2D eigenvalue weighted by Gasteiger charge is 2.33. The summed E-state index contributed by atoms with van der Waals surface area (Å²) in [5, 5.41) is 3.91. The molecule has 3 rings (SSSR count). The zero-order valence-electron chi connectivity index (χ0n) is 15.5. The summed E-state index contributed by atoms with van der Waals surface area (Å²) in [5.41, 5.74) is 7.49. The predicted octanol–water partition coefficient (Wildman–Crippen LogP) is 4.33. The van der Waals surface area contributed by atoms with Gasteiger partial charge in [-0.1, -0.05) is 29.3 Å². The van der Waals surface area contributed by atoms with Gasteiger partial charge in [0.15, 0.2) is 0 Å². The summed E-state index contributed by atoms with van der Waals surface area (Å²) in [4.78, 5) is 26.8. The molecule has 0 spiro atoms. The molecular formula is C21H23Cl2N3O2. The maximum absolute atomic E-state index is 12.6. The normalized spacial score (nSPS) is 13.2. The molecule has 0 bridgehead atoms.